The number of hydrogen-bond acceptors (Lipinski definition) is 2. The zero-order valence-electron chi connectivity index (χ0n) is 16.1. The Labute approximate surface area is 148 Å². The lowest BCUT2D eigenvalue weighted by Gasteiger charge is -2.28. The number of unbranched alkanes of at least 4 members (excludes halogenated alkanes) is 2. The fourth-order valence-corrected chi connectivity index (χ4v) is 4.08. The number of hydrogen-bond donors (Lipinski definition) is 0. The average molecular weight is 328 g/mol. The number of carbonyl (C=O) groups excluding carboxylic acids is 1. The van der Waals surface area contributed by atoms with Gasteiger partial charge in [-0.25, -0.2) is 0 Å². The van der Waals surface area contributed by atoms with Crippen LogP contribution in [-0.2, 0) is 0 Å². The van der Waals surface area contributed by atoms with E-state index in [1.807, 2.05) is 0 Å². The van der Waals surface area contributed by atoms with Crippen LogP contribution in [0.25, 0.3) is 0 Å². The van der Waals surface area contributed by atoms with Crippen molar-refractivity contribution >= 4 is 18.8 Å². The van der Waals surface area contributed by atoms with Crippen LogP contribution < -0.4 is 0 Å². The first-order chi connectivity index (χ1) is 11.4. The largest absolute Gasteiger partial charge is 0.393 e. The Morgan fingerprint density at radius 2 is 1.92 bits per heavy atom. The highest BCUT2D eigenvalue weighted by molar-refractivity contribution is 6.57. The summed E-state index contributed by atoms with van der Waals surface area (Å²) in [6.45, 7) is 11.7. The van der Waals surface area contributed by atoms with Crippen molar-refractivity contribution in [2.75, 3.05) is 0 Å². The average Bonchev–Trinajstić information content (AvgIpc) is 3.07. The Hall–Kier alpha value is -1.32. The molecule has 4 heteroatoms. The van der Waals surface area contributed by atoms with Gasteiger partial charge in [0.15, 0.2) is 6.29 Å². The molecule has 0 spiro atoms. The minimum absolute atomic E-state index is 0.125. The molecule has 0 aromatic carbocycles. The zero-order valence-corrected chi connectivity index (χ0v) is 16.1. The van der Waals surface area contributed by atoms with Crippen LogP contribution in [-0.4, -0.2) is 23.3 Å². The van der Waals surface area contributed by atoms with Gasteiger partial charge in [0.05, 0.1) is 6.04 Å². The number of aldehydes is 1. The van der Waals surface area contributed by atoms with Crippen LogP contribution >= 0.6 is 0 Å². The first-order valence-electron chi connectivity index (χ1n) is 9.63. The van der Waals surface area contributed by atoms with Crippen molar-refractivity contribution in [2.45, 2.75) is 85.4 Å². The smallest absolute Gasteiger partial charge is 0.259 e. The topological polar surface area (TPSA) is 34.4 Å². The molecule has 2 heterocycles. The Morgan fingerprint density at radius 3 is 2.38 bits per heavy atom. The SMILES string of the molecule is CCCCB(CCCC)n1cc(C=O)cc1C1N=C(C)CC1(C)C. The second-order valence-corrected chi connectivity index (χ2v) is 8.09. The zero-order chi connectivity index (χ0) is 17.7. The van der Waals surface area contributed by atoms with E-state index < -0.39 is 0 Å². The highest BCUT2D eigenvalue weighted by Gasteiger charge is 2.38. The Balaban J connectivity index is 2.40. The van der Waals surface area contributed by atoms with E-state index in [0.29, 0.717) is 6.85 Å². The van der Waals surface area contributed by atoms with Crippen LogP contribution in [0, 0.1) is 5.41 Å². The van der Waals surface area contributed by atoms with E-state index in [2.05, 4.69) is 51.4 Å². The third-order valence-corrected chi connectivity index (χ3v) is 5.29. The summed E-state index contributed by atoms with van der Waals surface area (Å²) in [5.74, 6) is 0. The molecule has 0 amide bonds. The molecule has 3 nitrogen and oxygen atoms in total. The predicted octanol–water partition coefficient (Wildman–Crippen LogP) is 5.67. The molecule has 1 unspecified atom stereocenters. The molecule has 1 atom stereocenters. The first kappa shape index (κ1) is 19.0. The molecule has 1 aliphatic heterocycles. The maximum Gasteiger partial charge on any atom is 0.259 e. The quantitative estimate of drug-likeness (QED) is 0.424. The highest BCUT2D eigenvalue weighted by Crippen LogP contribution is 2.45. The van der Waals surface area contributed by atoms with E-state index in [4.69, 9.17) is 4.99 Å². The summed E-state index contributed by atoms with van der Waals surface area (Å²) in [6, 6.07) is 2.24. The first-order valence-corrected chi connectivity index (χ1v) is 9.63. The maximum atomic E-state index is 11.4. The molecule has 0 N–H and O–H groups in total. The monoisotopic (exact) mass is 328 g/mol. The van der Waals surface area contributed by atoms with Crippen LogP contribution in [0.3, 0.4) is 0 Å². The Bertz CT molecular complexity index is 580. The van der Waals surface area contributed by atoms with Gasteiger partial charge < -0.3 is 4.48 Å². The van der Waals surface area contributed by atoms with Crippen molar-refractivity contribution in [3.05, 3.63) is 23.5 Å². The van der Waals surface area contributed by atoms with Crippen LogP contribution in [0.4, 0.5) is 0 Å². The fourth-order valence-electron chi connectivity index (χ4n) is 4.08. The maximum absolute atomic E-state index is 11.4. The standard InChI is InChI=1S/C20H33BN2O/c1-6-8-10-21(11-9-7-2)23-14-17(15-24)12-18(23)19-20(4,5)13-16(3)22-19/h12,14-15,19H,6-11,13H2,1-5H3. The molecule has 0 saturated heterocycles. The van der Waals surface area contributed by atoms with Crippen molar-refractivity contribution in [1.29, 1.82) is 0 Å². The molecular weight excluding hydrogens is 295 g/mol. The number of rotatable bonds is 9. The lowest BCUT2D eigenvalue weighted by molar-refractivity contribution is 0.112. The van der Waals surface area contributed by atoms with Gasteiger partial charge in [-0.05, 0) is 24.8 Å². The van der Waals surface area contributed by atoms with Gasteiger partial charge in [-0.1, -0.05) is 66.0 Å². The number of aliphatic imine (C=N–C) groups is 1. The van der Waals surface area contributed by atoms with Crippen LogP contribution in [0.1, 0.15) is 88.8 Å². The van der Waals surface area contributed by atoms with Gasteiger partial charge in [-0.15, -0.1) is 0 Å². The summed E-state index contributed by atoms with van der Waals surface area (Å²) in [5.41, 5.74) is 3.37. The van der Waals surface area contributed by atoms with Gasteiger partial charge in [-0.3, -0.25) is 9.79 Å². The summed E-state index contributed by atoms with van der Waals surface area (Å²) < 4.78 is 2.39. The van der Waals surface area contributed by atoms with E-state index in [1.54, 1.807) is 0 Å². The third kappa shape index (κ3) is 4.20. The molecule has 132 valence electrons. The summed E-state index contributed by atoms with van der Waals surface area (Å²) in [5, 5.41) is 0. The summed E-state index contributed by atoms with van der Waals surface area (Å²) in [6.07, 6.45) is 11.4. The minimum atomic E-state index is 0.125. The molecule has 2 rings (SSSR count). The minimum Gasteiger partial charge on any atom is -0.393 e. The second-order valence-electron chi connectivity index (χ2n) is 8.09. The molecule has 24 heavy (non-hydrogen) atoms. The lowest BCUT2D eigenvalue weighted by Crippen LogP contribution is -2.28. The van der Waals surface area contributed by atoms with Crippen molar-refractivity contribution < 1.29 is 4.79 Å². The second kappa shape index (κ2) is 8.18. The third-order valence-electron chi connectivity index (χ3n) is 5.29. The van der Waals surface area contributed by atoms with E-state index in [-0.39, 0.29) is 11.5 Å². The van der Waals surface area contributed by atoms with Gasteiger partial charge in [0, 0.05) is 23.2 Å². The van der Waals surface area contributed by atoms with E-state index in [1.165, 1.54) is 49.7 Å². The summed E-state index contributed by atoms with van der Waals surface area (Å²) >= 11 is 0. The lowest BCUT2D eigenvalue weighted by atomic mass is 9.53. The van der Waals surface area contributed by atoms with Gasteiger partial charge >= 0.3 is 0 Å². The molecule has 0 bridgehead atoms. The van der Waals surface area contributed by atoms with Crippen molar-refractivity contribution in [3.63, 3.8) is 0 Å². The summed E-state index contributed by atoms with van der Waals surface area (Å²) in [7, 11) is 0. The van der Waals surface area contributed by atoms with Crippen LogP contribution in [0.15, 0.2) is 17.3 Å². The number of nitrogens with zero attached hydrogens (tertiary/aromatic N) is 2. The van der Waals surface area contributed by atoms with Crippen LogP contribution in [0.5, 0.6) is 0 Å². The molecule has 0 aliphatic carbocycles. The van der Waals surface area contributed by atoms with Gasteiger partial charge in [0.2, 0.25) is 0 Å². The molecule has 0 fully saturated rings. The number of aromatic nitrogens is 1. The van der Waals surface area contributed by atoms with Crippen molar-refractivity contribution in [1.82, 2.24) is 4.48 Å². The predicted molar refractivity (Wildman–Crippen MR) is 105 cm³/mol. The van der Waals surface area contributed by atoms with E-state index in [0.717, 1.165) is 18.3 Å². The van der Waals surface area contributed by atoms with Crippen LogP contribution in [0.2, 0.25) is 12.6 Å². The summed E-state index contributed by atoms with van der Waals surface area (Å²) in [4.78, 5) is 16.4. The van der Waals surface area contributed by atoms with Gasteiger partial charge in [0.25, 0.3) is 6.85 Å². The van der Waals surface area contributed by atoms with E-state index >= 15 is 0 Å². The molecule has 1 aromatic heterocycles. The molecule has 0 saturated carbocycles. The van der Waals surface area contributed by atoms with Crippen molar-refractivity contribution in [3.8, 4) is 0 Å². The van der Waals surface area contributed by atoms with E-state index in [9.17, 15) is 4.79 Å². The Kier molecular flexibility index (Phi) is 6.48. The van der Waals surface area contributed by atoms with Crippen molar-refractivity contribution in [2.24, 2.45) is 10.4 Å². The molecule has 1 aromatic rings. The highest BCUT2D eigenvalue weighted by atomic mass is 16.1. The Morgan fingerprint density at radius 1 is 1.29 bits per heavy atom. The van der Waals surface area contributed by atoms with Gasteiger partial charge in [-0.2, -0.15) is 0 Å². The number of carbonyl (C=O) groups is 1. The fraction of sp³-hybridized carbons (Fsp3) is 0.700. The van der Waals surface area contributed by atoms with Gasteiger partial charge in [0.1, 0.15) is 0 Å². The molecule has 1 aliphatic rings. The molecule has 0 radical (unpaired) electrons. The normalized spacial score (nSPS) is 19.4. The molecular formula is C20H33BN2O.